The lowest BCUT2D eigenvalue weighted by Crippen LogP contribution is -2.37. The third-order valence-corrected chi connectivity index (χ3v) is 5.83. The van der Waals surface area contributed by atoms with E-state index >= 15 is 0 Å². The Hall–Kier alpha value is -1.45. The highest BCUT2D eigenvalue weighted by Crippen LogP contribution is 2.21. The van der Waals surface area contributed by atoms with Crippen LogP contribution in [0.2, 0.25) is 0 Å². The van der Waals surface area contributed by atoms with Gasteiger partial charge in [-0.3, -0.25) is 4.90 Å². The lowest BCUT2D eigenvalue weighted by molar-refractivity contribution is 0.162. The molecule has 22 heavy (non-hydrogen) atoms. The van der Waals surface area contributed by atoms with E-state index in [-0.39, 0.29) is 22.4 Å². The summed E-state index contributed by atoms with van der Waals surface area (Å²) in [5, 5.41) is 4.31. The lowest BCUT2D eigenvalue weighted by atomic mass is 10.2. The molecule has 1 fully saturated rings. The molecule has 2 aromatic rings. The molecule has 0 aromatic carbocycles. The Balaban J connectivity index is 1.78. The molecule has 7 nitrogen and oxygen atoms in total. The molecule has 0 amide bonds. The van der Waals surface area contributed by atoms with Gasteiger partial charge in [0.05, 0.1) is 24.4 Å². The molecule has 0 bridgehead atoms. The predicted molar refractivity (Wildman–Crippen MR) is 82.5 cm³/mol. The van der Waals surface area contributed by atoms with Crippen molar-refractivity contribution >= 4 is 22.1 Å². The Labute approximate surface area is 133 Å². The maximum atomic E-state index is 11.6. The maximum absolute atomic E-state index is 11.6. The first kappa shape index (κ1) is 15.4. The van der Waals surface area contributed by atoms with Crippen molar-refractivity contribution in [2.24, 2.45) is 0 Å². The molecular formula is C13H17N3O4S2. The van der Waals surface area contributed by atoms with Crippen LogP contribution in [0.3, 0.4) is 0 Å². The van der Waals surface area contributed by atoms with Crippen LogP contribution >= 0.6 is 12.2 Å². The maximum Gasteiger partial charge on any atom is 0.288 e. The van der Waals surface area contributed by atoms with Gasteiger partial charge in [0, 0.05) is 6.04 Å². The van der Waals surface area contributed by atoms with Gasteiger partial charge in [-0.05, 0) is 37.3 Å². The van der Waals surface area contributed by atoms with E-state index in [0.717, 1.165) is 0 Å². The van der Waals surface area contributed by atoms with Crippen molar-refractivity contribution in [3.05, 3.63) is 23.2 Å². The molecule has 1 atom stereocenters. The van der Waals surface area contributed by atoms with Crippen molar-refractivity contribution < 1.29 is 17.3 Å². The second-order valence-electron chi connectivity index (χ2n) is 5.25. The van der Waals surface area contributed by atoms with Gasteiger partial charge in [-0.2, -0.15) is 0 Å². The standard InChI is InChI=1S/C13H17N3O4S2/c1-2-15(10-5-7-22(17,18)8-10)9-16-13(21)20-12(14-16)11-4-3-6-19-11/h3-4,6,10H,2,5,7-9H2,1H3/t10-/m0/s1. The summed E-state index contributed by atoms with van der Waals surface area (Å²) in [6.45, 7) is 3.10. The van der Waals surface area contributed by atoms with Gasteiger partial charge in [0.2, 0.25) is 0 Å². The minimum Gasteiger partial charge on any atom is -0.459 e. The molecule has 1 aliphatic heterocycles. The fourth-order valence-electron chi connectivity index (χ4n) is 2.60. The van der Waals surface area contributed by atoms with Crippen LogP contribution in [-0.2, 0) is 16.5 Å². The minimum absolute atomic E-state index is 0.000614. The fourth-order valence-corrected chi connectivity index (χ4v) is 4.54. The van der Waals surface area contributed by atoms with E-state index in [1.165, 1.54) is 6.26 Å². The summed E-state index contributed by atoms with van der Waals surface area (Å²) in [6, 6.07) is 3.49. The van der Waals surface area contributed by atoms with Crippen molar-refractivity contribution in [3.8, 4) is 11.7 Å². The van der Waals surface area contributed by atoms with Crippen molar-refractivity contribution in [1.82, 2.24) is 14.7 Å². The van der Waals surface area contributed by atoms with Crippen molar-refractivity contribution in [1.29, 1.82) is 0 Å². The SMILES string of the molecule is CCN(Cn1nc(-c2ccco2)oc1=S)[C@H]1CCS(=O)(=O)C1. The van der Waals surface area contributed by atoms with E-state index in [1.54, 1.807) is 16.8 Å². The van der Waals surface area contributed by atoms with E-state index in [4.69, 9.17) is 21.1 Å². The third kappa shape index (κ3) is 3.16. The average Bonchev–Trinajstić information content (AvgIpc) is 3.17. The van der Waals surface area contributed by atoms with Gasteiger partial charge in [0.1, 0.15) is 0 Å². The van der Waals surface area contributed by atoms with E-state index in [2.05, 4.69) is 10.00 Å². The Morgan fingerprint density at radius 1 is 1.55 bits per heavy atom. The highest BCUT2D eigenvalue weighted by Gasteiger charge is 2.32. The summed E-state index contributed by atoms with van der Waals surface area (Å²) in [5.41, 5.74) is 0. The molecule has 0 unspecified atom stereocenters. The highest BCUT2D eigenvalue weighted by molar-refractivity contribution is 7.91. The van der Waals surface area contributed by atoms with Crippen LogP contribution < -0.4 is 0 Å². The molecular weight excluding hydrogens is 326 g/mol. The van der Waals surface area contributed by atoms with Gasteiger partial charge in [-0.15, -0.1) is 5.10 Å². The lowest BCUT2D eigenvalue weighted by Gasteiger charge is -2.25. The molecule has 9 heteroatoms. The number of sulfone groups is 1. The summed E-state index contributed by atoms with van der Waals surface area (Å²) in [7, 11) is -2.92. The Kier molecular flexibility index (Phi) is 4.20. The molecule has 0 spiro atoms. The van der Waals surface area contributed by atoms with Gasteiger partial charge in [0.15, 0.2) is 15.6 Å². The van der Waals surface area contributed by atoms with E-state index in [0.29, 0.717) is 31.3 Å². The van der Waals surface area contributed by atoms with Gasteiger partial charge in [0.25, 0.3) is 10.7 Å². The van der Waals surface area contributed by atoms with Crippen LogP contribution in [-0.4, -0.2) is 47.2 Å². The molecule has 2 aromatic heterocycles. The molecule has 0 radical (unpaired) electrons. The van der Waals surface area contributed by atoms with Crippen LogP contribution in [0.5, 0.6) is 0 Å². The van der Waals surface area contributed by atoms with Crippen LogP contribution in [0.15, 0.2) is 27.2 Å². The quantitative estimate of drug-likeness (QED) is 0.767. The first-order valence-corrected chi connectivity index (χ1v) is 9.28. The first-order chi connectivity index (χ1) is 10.5. The van der Waals surface area contributed by atoms with Gasteiger partial charge in [-0.25, -0.2) is 13.1 Å². The largest absolute Gasteiger partial charge is 0.459 e. The molecule has 3 rings (SSSR count). The summed E-state index contributed by atoms with van der Waals surface area (Å²) < 4.78 is 35.5. The number of hydrogen-bond donors (Lipinski definition) is 0. The van der Waals surface area contributed by atoms with Gasteiger partial charge >= 0.3 is 0 Å². The topological polar surface area (TPSA) is 81.5 Å². The first-order valence-electron chi connectivity index (χ1n) is 7.05. The van der Waals surface area contributed by atoms with Crippen molar-refractivity contribution in [2.75, 3.05) is 18.1 Å². The highest BCUT2D eigenvalue weighted by atomic mass is 32.2. The number of furan rings is 1. The summed E-state index contributed by atoms with van der Waals surface area (Å²) in [4.78, 5) is 2.29. The molecule has 120 valence electrons. The minimum atomic E-state index is -2.92. The van der Waals surface area contributed by atoms with Crippen LogP contribution in [0.25, 0.3) is 11.7 Å². The summed E-state index contributed by atoms with van der Waals surface area (Å²) in [5.74, 6) is 1.27. The predicted octanol–water partition coefficient (Wildman–Crippen LogP) is 1.93. The van der Waals surface area contributed by atoms with Crippen LogP contribution in [0, 0.1) is 4.84 Å². The van der Waals surface area contributed by atoms with Crippen molar-refractivity contribution in [3.63, 3.8) is 0 Å². The monoisotopic (exact) mass is 343 g/mol. The second-order valence-corrected chi connectivity index (χ2v) is 7.83. The fraction of sp³-hybridized carbons (Fsp3) is 0.538. The van der Waals surface area contributed by atoms with Crippen LogP contribution in [0.4, 0.5) is 0 Å². The Morgan fingerprint density at radius 2 is 2.36 bits per heavy atom. The second kappa shape index (κ2) is 5.98. The van der Waals surface area contributed by atoms with Crippen LogP contribution in [0.1, 0.15) is 13.3 Å². The zero-order chi connectivity index (χ0) is 15.7. The van der Waals surface area contributed by atoms with Gasteiger partial charge in [-0.1, -0.05) is 6.92 Å². The number of rotatable bonds is 5. The Morgan fingerprint density at radius 3 is 2.95 bits per heavy atom. The Bertz CT molecular complexity index is 792. The zero-order valence-electron chi connectivity index (χ0n) is 12.1. The van der Waals surface area contributed by atoms with Crippen molar-refractivity contribution in [2.45, 2.75) is 26.1 Å². The summed E-state index contributed by atoms with van der Waals surface area (Å²) in [6.07, 6.45) is 2.18. The smallest absolute Gasteiger partial charge is 0.288 e. The number of nitrogens with zero attached hydrogens (tertiary/aromatic N) is 3. The van der Waals surface area contributed by atoms with E-state index in [1.807, 2.05) is 6.92 Å². The molecule has 3 heterocycles. The number of hydrogen-bond acceptors (Lipinski definition) is 7. The average molecular weight is 343 g/mol. The molecule has 0 saturated carbocycles. The zero-order valence-corrected chi connectivity index (χ0v) is 13.8. The molecule has 0 N–H and O–H groups in total. The number of aromatic nitrogens is 2. The molecule has 1 aliphatic rings. The third-order valence-electron chi connectivity index (χ3n) is 3.78. The van der Waals surface area contributed by atoms with E-state index in [9.17, 15) is 8.42 Å². The molecule has 0 aliphatic carbocycles. The van der Waals surface area contributed by atoms with Gasteiger partial charge < -0.3 is 8.83 Å². The normalized spacial score (nSPS) is 20.7. The molecule has 1 saturated heterocycles. The summed E-state index contributed by atoms with van der Waals surface area (Å²) >= 11 is 5.18. The van der Waals surface area contributed by atoms with E-state index < -0.39 is 9.84 Å².